The number of aryl methyl sites for hydroxylation is 1. The number of nitrogens with one attached hydrogen (secondary N) is 1. The zero-order valence-corrected chi connectivity index (χ0v) is 11.3. The van der Waals surface area contributed by atoms with Gasteiger partial charge in [0.15, 0.2) is 0 Å². The number of hydrogen-bond donors (Lipinski definition) is 1. The molecule has 0 aliphatic carbocycles. The van der Waals surface area contributed by atoms with Crippen molar-refractivity contribution >= 4 is 0 Å². The molecule has 2 heterocycles. The Morgan fingerprint density at radius 1 is 1.33 bits per heavy atom. The van der Waals surface area contributed by atoms with Crippen molar-refractivity contribution in [3.63, 3.8) is 0 Å². The van der Waals surface area contributed by atoms with Gasteiger partial charge in [-0.2, -0.15) is 10.2 Å². The molecule has 2 rings (SSSR count). The van der Waals surface area contributed by atoms with E-state index in [0.717, 1.165) is 25.2 Å². The van der Waals surface area contributed by atoms with E-state index in [0.29, 0.717) is 6.04 Å². The highest BCUT2D eigenvalue weighted by Crippen LogP contribution is 2.12. The van der Waals surface area contributed by atoms with Crippen molar-refractivity contribution in [3.8, 4) is 0 Å². The molecule has 0 unspecified atom stereocenters. The third-order valence-electron chi connectivity index (χ3n) is 3.14. The molecule has 0 spiro atoms. The minimum atomic E-state index is 0.451. The van der Waals surface area contributed by atoms with Crippen LogP contribution in [0.2, 0.25) is 0 Å². The van der Waals surface area contributed by atoms with E-state index in [1.165, 1.54) is 5.69 Å². The molecule has 98 valence electrons. The second-order valence-electron chi connectivity index (χ2n) is 4.61. The predicted octanol–water partition coefficient (Wildman–Crippen LogP) is 1.88. The van der Waals surface area contributed by atoms with E-state index in [4.69, 9.17) is 0 Å². The molecule has 0 amide bonds. The zero-order chi connectivity index (χ0) is 13.0. The van der Waals surface area contributed by atoms with Gasteiger partial charge in [-0.25, -0.2) is 0 Å². The molecule has 1 N–H and O–H groups in total. The van der Waals surface area contributed by atoms with Crippen molar-refractivity contribution < 1.29 is 0 Å². The van der Waals surface area contributed by atoms with Gasteiger partial charge in [-0.15, -0.1) is 0 Å². The Morgan fingerprint density at radius 3 is 2.83 bits per heavy atom. The minimum absolute atomic E-state index is 0.451. The van der Waals surface area contributed by atoms with Gasteiger partial charge in [-0.3, -0.25) is 9.36 Å². The van der Waals surface area contributed by atoms with Gasteiger partial charge in [0.2, 0.25) is 0 Å². The third kappa shape index (κ3) is 2.98. The first kappa shape index (κ1) is 12.8. The summed E-state index contributed by atoms with van der Waals surface area (Å²) in [7, 11) is 1.93. The first-order valence-electron chi connectivity index (χ1n) is 6.42. The summed E-state index contributed by atoms with van der Waals surface area (Å²) in [6.07, 6.45) is 4.92. The van der Waals surface area contributed by atoms with Gasteiger partial charge in [-0.1, -0.05) is 6.92 Å². The summed E-state index contributed by atoms with van der Waals surface area (Å²) >= 11 is 0. The molecule has 0 aromatic carbocycles. The normalized spacial score (nSPS) is 12.8. The van der Waals surface area contributed by atoms with Crippen LogP contribution in [0, 0.1) is 0 Å². The van der Waals surface area contributed by atoms with E-state index in [2.05, 4.69) is 40.1 Å². The molecular weight excluding hydrogens is 226 g/mol. The molecule has 2 aromatic heterocycles. The molecule has 0 aliphatic rings. The summed E-state index contributed by atoms with van der Waals surface area (Å²) in [5.74, 6) is 0. The predicted molar refractivity (Wildman–Crippen MR) is 71.0 cm³/mol. The van der Waals surface area contributed by atoms with Gasteiger partial charge < -0.3 is 5.32 Å². The van der Waals surface area contributed by atoms with Crippen LogP contribution in [-0.2, 0) is 20.1 Å². The Morgan fingerprint density at radius 2 is 2.17 bits per heavy atom. The molecule has 5 nitrogen and oxygen atoms in total. The average Bonchev–Trinajstić information content (AvgIpc) is 2.98. The maximum absolute atomic E-state index is 4.37. The Labute approximate surface area is 108 Å². The van der Waals surface area contributed by atoms with Gasteiger partial charge >= 0.3 is 0 Å². The van der Waals surface area contributed by atoms with Crippen LogP contribution >= 0.6 is 0 Å². The van der Waals surface area contributed by atoms with E-state index in [1.54, 1.807) is 0 Å². The van der Waals surface area contributed by atoms with Crippen LogP contribution < -0.4 is 5.32 Å². The highest BCUT2D eigenvalue weighted by Gasteiger charge is 2.07. The van der Waals surface area contributed by atoms with Crippen LogP contribution in [-0.4, -0.2) is 19.6 Å². The second kappa shape index (κ2) is 5.82. The lowest BCUT2D eigenvalue weighted by Crippen LogP contribution is -2.18. The van der Waals surface area contributed by atoms with Crippen LogP contribution in [0.5, 0.6) is 0 Å². The van der Waals surface area contributed by atoms with Gasteiger partial charge in [0.25, 0.3) is 0 Å². The van der Waals surface area contributed by atoms with Gasteiger partial charge in [0.05, 0.1) is 11.4 Å². The maximum Gasteiger partial charge on any atom is 0.0762 e. The van der Waals surface area contributed by atoms with Gasteiger partial charge in [0.1, 0.15) is 0 Å². The lowest BCUT2D eigenvalue weighted by Gasteiger charge is -2.13. The summed E-state index contributed by atoms with van der Waals surface area (Å²) in [6.45, 7) is 5.97. The highest BCUT2D eigenvalue weighted by atomic mass is 15.3. The monoisotopic (exact) mass is 247 g/mol. The summed E-state index contributed by atoms with van der Waals surface area (Å²) in [5.41, 5.74) is 2.28. The molecule has 0 bridgehead atoms. The van der Waals surface area contributed by atoms with E-state index in [9.17, 15) is 0 Å². The summed E-state index contributed by atoms with van der Waals surface area (Å²) in [6, 6.07) is 4.54. The molecule has 0 radical (unpaired) electrons. The van der Waals surface area contributed by atoms with E-state index < -0.39 is 0 Å². The summed E-state index contributed by atoms with van der Waals surface area (Å²) in [5, 5.41) is 12.1. The van der Waals surface area contributed by atoms with Crippen molar-refractivity contribution in [2.75, 3.05) is 0 Å². The molecule has 0 saturated heterocycles. The van der Waals surface area contributed by atoms with Crippen LogP contribution in [0.25, 0.3) is 0 Å². The molecule has 0 aliphatic heterocycles. The Bertz CT molecular complexity index is 485. The second-order valence-corrected chi connectivity index (χ2v) is 4.61. The Balaban J connectivity index is 1.88. The fourth-order valence-electron chi connectivity index (χ4n) is 1.93. The van der Waals surface area contributed by atoms with Crippen LogP contribution in [0.1, 0.15) is 37.7 Å². The fraction of sp³-hybridized carbons (Fsp3) is 0.538. The van der Waals surface area contributed by atoms with Crippen molar-refractivity contribution in [3.05, 3.63) is 35.9 Å². The fourth-order valence-corrected chi connectivity index (χ4v) is 1.93. The molecule has 18 heavy (non-hydrogen) atoms. The number of nitrogens with zero attached hydrogens (tertiary/aromatic N) is 4. The van der Waals surface area contributed by atoms with Gasteiger partial charge in [-0.05, 0) is 25.5 Å². The number of aromatic nitrogens is 4. The first-order chi connectivity index (χ1) is 8.70. The van der Waals surface area contributed by atoms with Crippen molar-refractivity contribution in [1.29, 1.82) is 0 Å². The van der Waals surface area contributed by atoms with E-state index in [1.807, 2.05) is 30.2 Å². The maximum atomic E-state index is 4.37. The SMILES string of the molecule is CC[C@H](C)n1nccc1CNCc1ccn(C)n1. The summed E-state index contributed by atoms with van der Waals surface area (Å²) < 4.78 is 3.91. The first-order valence-corrected chi connectivity index (χ1v) is 6.42. The molecule has 5 heteroatoms. The minimum Gasteiger partial charge on any atom is -0.305 e. The Hall–Kier alpha value is -1.62. The van der Waals surface area contributed by atoms with Crippen molar-refractivity contribution in [2.24, 2.45) is 7.05 Å². The van der Waals surface area contributed by atoms with Crippen molar-refractivity contribution in [1.82, 2.24) is 24.9 Å². The molecular formula is C13H21N5. The van der Waals surface area contributed by atoms with E-state index >= 15 is 0 Å². The highest BCUT2D eigenvalue weighted by molar-refractivity contribution is 5.03. The van der Waals surface area contributed by atoms with E-state index in [-0.39, 0.29) is 0 Å². The topological polar surface area (TPSA) is 47.7 Å². The third-order valence-corrected chi connectivity index (χ3v) is 3.14. The number of hydrogen-bond acceptors (Lipinski definition) is 3. The lowest BCUT2D eigenvalue weighted by molar-refractivity contribution is 0.451. The smallest absolute Gasteiger partial charge is 0.0762 e. The lowest BCUT2D eigenvalue weighted by atomic mass is 10.2. The van der Waals surface area contributed by atoms with Crippen molar-refractivity contribution in [2.45, 2.75) is 39.4 Å². The van der Waals surface area contributed by atoms with Crippen LogP contribution in [0.3, 0.4) is 0 Å². The van der Waals surface area contributed by atoms with Crippen LogP contribution in [0.15, 0.2) is 24.5 Å². The quantitative estimate of drug-likeness (QED) is 0.848. The largest absolute Gasteiger partial charge is 0.305 e. The molecule has 2 aromatic rings. The van der Waals surface area contributed by atoms with Gasteiger partial charge in [0, 0.05) is 38.6 Å². The molecule has 1 atom stereocenters. The standard InChI is InChI=1S/C13H21N5/c1-4-11(2)18-13(5-7-15-18)10-14-9-12-6-8-17(3)16-12/h5-8,11,14H,4,9-10H2,1-3H3/t11-/m0/s1. The molecule has 0 saturated carbocycles. The zero-order valence-electron chi connectivity index (χ0n) is 11.3. The van der Waals surface area contributed by atoms with Crippen LogP contribution in [0.4, 0.5) is 0 Å². The average molecular weight is 247 g/mol. The summed E-state index contributed by atoms with van der Waals surface area (Å²) in [4.78, 5) is 0. The molecule has 0 fully saturated rings. The Kier molecular flexibility index (Phi) is 4.15. The number of rotatable bonds is 6.